The van der Waals surface area contributed by atoms with Gasteiger partial charge in [0.05, 0.1) is 10.5 Å². The van der Waals surface area contributed by atoms with Crippen LogP contribution in [0.5, 0.6) is 5.75 Å². The van der Waals surface area contributed by atoms with E-state index < -0.39 is 23.1 Å². The van der Waals surface area contributed by atoms with Gasteiger partial charge in [0.25, 0.3) is 5.69 Å². The Hall–Kier alpha value is -2.15. The van der Waals surface area contributed by atoms with E-state index >= 15 is 0 Å². The molecule has 0 bridgehead atoms. The number of benzene rings is 1. The maximum absolute atomic E-state index is 10.7. The molecule has 1 aromatic carbocycles. The second-order valence-corrected chi connectivity index (χ2v) is 4.03. The Morgan fingerprint density at radius 2 is 2.17 bits per heavy atom. The number of rotatable bonds is 5. The van der Waals surface area contributed by atoms with Gasteiger partial charge >= 0.3 is 5.97 Å². The summed E-state index contributed by atoms with van der Waals surface area (Å²) in [5.74, 6) is -1.25. The normalized spacial score (nSPS) is 13.7. The maximum atomic E-state index is 10.7. The van der Waals surface area contributed by atoms with Crippen molar-refractivity contribution in [1.29, 1.82) is 0 Å². The molecule has 0 heterocycles. The lowest BCUT2D eigenvalue weighted by atomic mass is 10.1. The van der Waals surface area contributed by atoms with Gasteiger partial charge in [-0.1, -0.05) is 6.07 Å². The van der Waals surface area contributed by atoms with E-state index in [1.807, 2.05) is 0 Å². The van der Waals surface area contributed by atoms with Crippen molar-refractivity contribution in [2.45, 2.75) is 19.4 Å². The Kier molecular flexibility index (Phi) is 3.87. The molecule has 1 atom stereocenters. The first kappa shape index (κ1) is 13.9. The number of carboxylic acids is 1. The van der Waals surface area contributed by atoms with Crippen LogP contribution in [0.2, 0.25) is 0 Å². The predicted octanol–water partition coefficient (Wildman–Crippen LogP) is 1.12. The van der Waals surface area contributed by atoms with Crippen LogP contribution >= 0.6 is 0 Å². The molecule has 1 unspecified atom stereocenters. The van der Waals surface area contributed by atoms with Crippen LogP contribution < -0.4 is 4.74 Å². The van der Waals surface area contributed by atoms with Crippen LogP contribution in [0.15, 0.2) is 18.2 Å². The lowest BCUT2D eigenvalue weighted by molar-refractivity contribution is -0.385. The van der Waals surface area contributed by atoms with Crippen molar-refractivity contribution < 1.29 is 24.7 Å². The van der Waals surface area contributed by atoms with Gasteiger partial charge in [0, 0.05) is 6.07 Å². The molecule has 1 rings (SSSR count). The van der Waals surface area contributed by atoms with Crippen molar-refractivity contribution in [1.82, 2.24) is 0 Å². The van der Waals surface area contributed by atoms with E-state index in [9.17, 15) is 20.0 Å². The average Bonchev–Trinajstić information content (AvgIpc) is 2.27. The number of nitrogens with zero attached hydrogens (tertiary/aromatic N) is 1. The van der Waals surface area contributed by atoms with E-state index in [0.717, 1.165) is 6.92 Å². The van der Waals surface area contributed by atoms with Gasteiger partial charge in [0.15, 0.2) is 5.60 Å². The molecule has 0 aliphatic heterocycles. The smallest absolute Gasteiger partial charge is 0.339 e. The predicted molar refractivity (Wildman–Crippen MR) is 61.6 cm³/mol. The minimum absolute atomic E-state index is 0.123. The number of nitro groups is 1. The van der Waals surface area contributed by atoms with Crippen LogP contribution in [0.4, 0.5) is 5.69 Å². The zero-order valence-electron chi connectivity index (χ0n) is 9.91. The van der Waals surface area contributed by atoms with Crippen molar-refractivity contribution in [2.24, 2.45) is 0 Å². The first-order valence-corrected chi connectivity index (χ1v) is 5.08. The molecule has 0 fully saturated rings. The molecule has 0 saturated heterocycles. The summed E-state index contributed by atoms with van der Waals surface area (Å²) in [6.45, 7) is 2.08. The van der Waals surface area contributed by atoms with Gasteiger partial charge in [0.1, 0.15) is 12.4 Å². The van der Waals surface area contributed by atoms with E-state index in [1.165, 1.54) is 25.1 Å². The highest BCUT2D eigenvalue weighted by molar-refractivity contribution is 5.76. The van der Waals surface area contributed by atoms with Crippen LogP contribution in [0.1, 0.15) is 12.5 Å². The van der Waals surface area contributed by atoms with Gasteiger partial charge in [-0.2, -0.15) is 0 Å². The molecular weight excluding hydrogens is 242 g/mol. The highest BCUT2D eigenvalue weighted by Crippen LogP contribution is 2.27. The van der Waals surface area contributed by atoms with Gasteiger partial charge in [-0.25, -0.2) is 4.79 Å². The van der Waals surface area contributed by atoms with Crippen molar-refractivity contribution in [3.63, 3.8) is 0 Å². The third-order valence-corrected chi connectivity index (χ3v) is 2.42. The van der Waals surface area contributed by atoms with Crippen LogP contribution in [0.25, 0.3) is 0 Å². The molecule has 7 nitrogen and oxygen atoms in total. The average molecular weight is 255 g/mol. The number of hydrogen-bond donors (Lipinski definition) is 2. The number of aliphatic carboxylic acids is 1. The Morgan fingerprint density at radius 3 is 2.67 bits per heavy atom. The molecular formula is C11H13NO6. The fourth-order valence-electron chi connectivity index (χ4n) is 1.24. The zero-order valence-corrected chi connectivity index (χ0v) is 9.91. The van der Waals surface area contributed by atoms with Crippen LogP contribution in [-0.4, -0.2) is 33.3 Å². The highest BCUT2D eigenvalue weighted by atomic mass is 16.6. The number of hydrogen-bond acceptors (Lipinski definition) is 5. The number of ether oxygens (including phenoxy) is 1. The maximum Gasteiger partial charge on any atom is 0.339 e. The summed E-state index contributed by atoms with van der Waals surface area (Å²) in [5, 5.41) is 28.8. The molecule has 0 amide bonds. The van der Waals surface area contributed by atoms with Crippen molar-refractivity contribution >= 4 is 11.7 Å². The number of nitro benzene ring substituents is 1. The summed E-state index contributed by atoms with van der Waals surface area (Å²) in [7, 11) is 0. The Balaban J connectivity index is 2.90. The third kappa shape index (κ3) is 2.95. The highest BCUT2D eigenvalue weighted by Gasteiger charge is 2.31. The third-order valence-electron chi connectivity index (χ3n) is 2.42. The molecule has 18 heavy (non-hydrogen) atoms. The summed E-state index contributed by atoms with van der Waals surface area (Å²) in [6.07, 6.45) is 0. The zero-order chi connectivity index (χ0) is 13.9. The van der Waals surface area contributed by atoms with Crippen LogP contribution in [0.3, 0.4) is 0 Å². The topological polar surface area (TPSA) is 110 Å². The molecule has 0 aromatic heterocycles. The number of aliphatic hydroxyl groups is 1. The molecule has 98 valence electrons. The lowest BCUT2D eigenvalue weighted by Gasteiger charge is -2.19. The molecule has 0 spiro atoms. The molecule has 0 saturated carbocycles. The summed E-state index contributed by atoms with van der Waals surface area (Å²) >= 11 is 0. The SMILES string of the molecule is Cc1c(OCC(C)(O)C(=O)O)cccc1[N+](=O)[O-]. The standard InChI is InChI=1S/C11H13NO6/c1-7-8(12(16)17)4-3-5-9(7)18-6-11(2,15)10(13)14/h3-5,15H,6H2,1-2H3,(H,13,14). The van der Waals surface area contributed by atoms with Gasteiger partial charge in [-0.3, -0.25) is 10.1 Å². The fourth-order valence-corrected chi connectivity index (χ4v) is 1.24. The summed E-state index contributed by atoms with van der Waals surface area (Å²) in [6, 6.07) is 4.22. The number of carbonyl (C=O) groups is 1. The van der Waals surface area contributed by atoms with Crippen molar-refractivity contribution in [2.75, 3.05) is 6.61 Å². The molecule has 0 aliphatic rings. The van der Waals surface area contributed by atoms with Gasteiger partial charge in [-0.05, 0) is 19.9 Å². The van der Waals surface area contributed by atoms with Gasteiger partial charge in [0.2, 0.25) is 0 Å². The van der Waals surface area contributed by atoms with E-state index in [0.29, 0.717) is 0 Å². The lowest BCUT2D eigenvalue weighted by Crippen LogP contribution is -2.41. The monoisotopic (exact) mass is 255 g/mol. The van der Waals surface area contributed by atoms with Crippen LogP contribution in [-0.2, 0) is 4.79 Å². The van der Waals surface area contributed by atoms with E-state index in [2.05, 4.69) is 0 Å². The molecule has 7 heteroatoms. The first-order chi connectivity index (χ1) is 8.25. The minimum Gasteiger partial charge on any atom is -0.489 e. The Morgan fingerprint density at radius 1 is 1.56 bits per heavy atom. The van der Waals surface area contributed by atoms with Gasteiger partial charge < -0.3 is 14.9 Å². The van der Waals surface area contributed by atoms with E-state index in [1.54, 1.807) is 0 Å². The van der Waals surface area contributed by atoms with Gasteiger partial charge in [-0.15, -0.1) is 0 Å². The number of carboxylic acid groups (broad SMARTS) is 1. The van der Waals surface area contributed by atoms with Crippen LogP contribution in [0, 0.1) is 17.0 Å². The quantitative estimate of drug-likeness (QED) is 0.602. The second kappa shape index (κ2) is 5.01. The molecule has 0 aliphatic carbocycles. The second-order valence-electron chi connectivity index (χ2n) is 4.03. The van der Waals surface area contributed by atoms with E-state index in [-0.39, 0.29) is 17.0 Å². The summed E-state index contributed by atoms with van der Waals surface area (Å²) in [5.41, 5.74) is -1.89. The van der Waals surface area contributed by atoms with E-state index in [4.69, 9.17) is 9.84 Å². The first-order valence-electron chi connectivity index (χ1n) is 5.08. The van der Waals surface area contributed by atoms with Crippen molar-refractivity contribution in [3.8, 4) is 5.75 Å². The van der Waals surface area contributed by atoms with Crippen molar-refractivity contribution in [3.05, 3.63) is 33.9 Å². The molecule has 1 aromatic rings. The minimum atomic E-state index is -2.04. The summed E-state index contributed by atoms with van der Waals surface area (Å²) < 4.78 is 5.12. The fraction of sp³-hybridized carbons (Fsp3) is 0.364. The Bertz CT molecular complexity index is 482. The Labute approximate surface area is 103 Å². The largest absolute Gasteiger partial charge is 0.489 e. The summed E-state index contributed by atoms with van der Waals surface area (Å²) in [4.78, 5) is 20.8. The molecule has 2 N–H and O–H groups in total. The molecule has 0 radical (unpaired) electrons.